The number of halogens is 1. The van der Waals surface area contributed by atoms with Crippen LogP contribution in [0.2, 0.25) is 0 Å². The van der Waals surface area contributed by atoms with Crippen molar-refractivity contribution in [2.24, 2.45) is 0 Å². The fourth-order valence-corrected chi connectivity index (χ4v) is 2.13. The highest BCUT2D eigenvalue weighted by Crippen LogP contribution is 2.22. The number of amides is 1. The standard InChI is InChI=1S/C13H18FN3O/c1-2-16-13(18)11-9-10(14)3-4-12(11)17-7-5-15-6-8-17/h3-4,9,15H,2,5-8H2,1H3,(H,16,18). The van der Waals surface area contributed by atoms with Crippen LogP contribution in [0.25, 0.3) is 0 Å². The van der Waals surface area contributed by atoms with E-state index in [1.54, 1.807) is 6.07 Å². The molecule has 1 aliphatic rings. The summed E-state index contributed by atoms with van der Waals surface area (Å²) in [5.41, 5.74) is 1.22. The third-order valence-electron chi connectivity index (χ3n) is 3.00. The van der Waals surface area contributed by atoms with Gasteiger partial charge in [0.05, 0.1) is 5.56 Å². The Morgan fingerprint density at radius 2 is 2.17 bits per heavy atom. The number of anilines is 1. The SMILES string of the molecule is CCNC(=O)c1cc(F)ccc1N1CCNCC1. The van der Waals surface area contributed by atoms with Gasteiger partial charge in [0.25, 0.3) is 5.91 Å². The third kappa shape index (κ3) is 2.79. The average Bonchev–Trinajstić information content (AvgIpc) is 2.40. The zero-order chi connectivity index (χ0) is 13.0. The normalized spacial score (nSPS) is 15.6. The maximum Gasteiger partial charge on any atom is 0.253 e. The molecule has 1 amide bonds. The average molecular weight is 251 g/mol. The number of carbonyl (C=O) groups excluding carboxylic acids is 1. The molecule has 1 saturated heterocycles. The molecular formula is C13H18FN3O. The van der Waals surface area contributed by atoms with Gasteiger partial charge in [-0.25, -0.2) is 4.39 Å². The summed E-state index contributed by atoms with van der Waals surface area (Å²) in [7, 11) is 0. The Kier molecular flexibility index (Phi) is 4.15. The molecule has 0 aliphatic carbocycles. The highest BCUT2D eigenvalue weighted by atomic mass is 19.1. The van der Waals surface area contributed by atoms with E-state index < -0.39 is 0 Å². The summed E-state index contributed by atoms with van der Waals surface area (Å²) in [5, 5.41) is 5.97. The van der Waals surface area contributed by atoms with Gasteiger partial charge in [0, 0.05) is 38.4 Å². The molecule has 18 heavy (non-hydrogen) atoms. The summed E-state index contributed by atoms with van der Waals surface area (Å²) in [6, 6.07) is 4.40. The number of carbonyl (C=O) groups is 1. The second kappa shape index (κ2) is 5.82. The fraction of sp³-hybridized carbons (Fsp3) is 0.462. The molecule has 0 saturated carbocycles. The molecule has 0 spiro atoms. The molecule has 2 N–H and O–H groups in total. The van der Waals surface area contributed by atoms with E-state index >= 15 is 0 Å². The van der Waals surface area contributed by atoms with Crippen molar-refractivity contribution in [3.63, 3.8) is 0 Å². The van der Waals surface area contributed by atoms with Crippen molar-refractivity contribution >= 4 is 11.6 Å². The predicted octanol–water partition coefficient (Wildman–Crippen LogP) is 0.985. The van der Waals surface area contributed by atoms with Gasteiger partial charge in [-0.3, -0.25) is 4.79 Å². The minimum Gasteiger partial charge on any atom is -0.368 e. The molecule has 0 radical (unpaired) electrons. The summed E-state index contributed by atoms with van der Waals surface area (Å²) in [6.45, 7) is 5.81. The van der Waals surface area contributed by atoms with Gasteiger partial charge >= 0.3 is 0 Å². The molecule has 1 aromatic rings. The first kappa shape index (κ1) is 12.8. The zero-order valence-electron chi connectivity index (χ0n) is 10.5. The van der Waals surface area contributed by atoms with E-state index in [9.17, 15) is 9.18 Å². The second-order valence-electron chi connectivity index (χ2n) is 4.26. The minimum absolute atomic E-state index is 0.217. The van der Waals surface area contributed by atoms with E-state index in [-0.39, 0.29) is 11.7 Å². The van der Waals surface area contributed by atoms with Crippen molar-refractivity contribution < 1.29 is 9.18 Å². The maximum absolute atomic E-state index is 13.3. The lowest BCUT2D eigenvalue weighted by Crippen LogP contribution is -2.44. The lowest BCUT2D eigenvalue weighted by atomic mass is 10.1. The van der Waals surface area contributed by atoms with Crippen LogP contribution in [0, 0.1) is 5.82 Å². The highest BCUT2D eigenvalue weighted by Gasteiger charge is 2.18. The van der Waals surface area contributed by atoms with Crippen LogP contribution < -0.4 is 15.5 Å². The maximum atomic E-state index is 13.3. The van der Waals surface area contributed by atoms with Crippen LogP contribution in [-0.4, -0.2) is 38.6 Å². The molecule has 1 aromatic carbocycles. The lowest BCUT2D eigenvalue weighted by Gasteiger charge is -2.30. The molecule has 0 aromatic heterocycles. The summed E-state index contributed by atoms with van der Waals surface area (Å²) in [5.74, 6) is -0.597. The van der Waals surface area contributed by atoms with Crippen LogP contribution in [0.15, 0.2) is 18.2 Å². The molecule has 0 bridgehead atoms. The summed E-state index contributed by atoms with van der Waals surface area (Å²) in [6.07, 6.45) is 0. The van der Waals surface area contributed by atoms with Gasteiger partial charge < -0.3 is 15.5 Å². The van der Waals surface area contributed by atoms with Gasteiger partial charge in [0.15, 0.2) is 0 Å². The molecule has 98 valence electrons. The van der Waals surface area contributed by atoms with Crippen LogP contribution in [-0.2, 0) is 0 Å². The van der Waals surface area contributed by atoms with Gasteiger partial charge in [-0.15, -0.1) is 0 Å². The van der Waals surface area contributed by atoms with Gasteiger partial charge in [-0.1, -0.05) is 0 Å². The largest absolute Gasteiger partial charge is 0.368 e. The first-order chi connectivity index (χ1) is 8.72. The van der Waals surface area contributed by atoms with Gasteiger partial charge in [-0.2, -0.15) is 0 Å². The fourth-order valence-electron chi connectivity index (χ4n) is 2.13. The number of nitrogens with zero attached hydrogens (tertiary/aromatic N) is 1. The third-order valence-corrected chi connectivity index (χ3v) is 3.00. The quantitative estimate of drug-likeness (QED) is 0.842. The van der Waals surface area contributed by atoms with E-state index in [1.807, 2.05) is 6.92 Å². The van der Waals surface area contributed by atoms with E-state index in [0.717, 1.165) is 31.9 Å². The molecule has 1 aliphatic heterocycles. The molecule has 0 atom stereocenters. The van der Waals surface area contributed by atoms with Crippen molar-refractivity contribution in [1.82, 2.24) is 10.6 Å². The molecule has 4 nitrogen and oxygen atoms in total. The Labute approximate surface area is 106 Å². The van der Waals surface area contributed by atoms with E-state index in [0.29, 0.717) is 12.1 Å². The first-order valence-corrected chi connectivity index (χ1v) is 6.25. The van der Waals surface area contributed by atoms with Gasteiger partial charge in [-0.05, 0) is 25.1 Å². The highest BCUT2D eigenvalue weighted by molar-refractivity contribution is 5.99. The van der Waals surface area contributed by atoms with Crippen molar-refractivity contribution in [3.8, 4) is 0 Å². The van der Waals surface area contributed by atoms with E-state index in [2.05, 4.69) is 15.5 Å². The zero-order valence-corrected chi connectivity index (χ0v) is 10.5. The van der Waals surface area contributed by atoms with Gasteiger partial charge in [0.2, 0.25) is 0 Å². The Hall–Kier alpha value is -1.62. The van der Waals surface area contributed by atoms with E-state index in [1.165, 1.54) is 12.1 Å². The molecule has 5 heteroatoms. The second-order valence-corrected chi connectivity index (χ2v) is 4.26. The Morgan fingerprint density at radius 1 is 1.44 bits per heavy atom. The van der Waals surface area contributed by atoms with Crippen molar-refractivity contribution in [1.29, 1.82) is 0 Å². The Bertz CT molecular complexity index is 430. The molecule has 1 fully saturated rings. The molecule has 1 heterocycles. The number of piperazine rings is 1. The van der Waals surface area contributed by atoms with E-state index in [4.69, 9.17) is 0 Å². The van der Waals surface area contributed by atoms with Crippen molar-refractivity contribution in [2.45, 2.75) is 6.92 Å². The topological polar surface area (TPSA) is 44.4 Å². The molecule has 0 unspecified atom stereocenters. The Morgan fingerprint density at radius 3 is 2.83 bits per heavy atom. The molecular weight excluding hydrogens is 233 g/mol. The van der Waals surface area contributed by atoms with Crippen LogP contribution >= 0.6 is 0 Å². The monoisotopic (exact) mass is 251 g/mol. The lowest BCUT2D eigenvalue weighted by molar-refractivity contribution is 0.0956. The Balaban J connectivity index is 2.30. The number of rotatable bonds is 3. The smallest absolute Gasteiger partial charge is 0.253 e. The predicted molar refractivity (Wildman–Crippen MR) is 69.5 cm³/mol. The minimum atomic E-state index is -0.380. The molecule has 2 rings (SSSR count). The summed E-state index contributed by atoms with van der Waals surface area (Å²) < 4.78 is 13.3. The summed E-state index contributed by atoms with van der Waals surface area (Å²) in [4.78, 5) is 14.1. The van der Waals surface area contributed by atoms with Crippen molar-refractivity contribution in [2.75, 3.05) is 37.6 Å². The number of nitrogens with one attached hydrogen (secondary N) is 2. The van der Waals surface area contributed by atoms with Gasteiger partial charge in [0.1, 0.15) is 5.82 Å². The number of hydrogen-bond donors (Lipinski definition) is 2. The first-order valence-electron chi connectivity index (χ1n) is 6.25. The number of hydrogen-bond acceptors (Lipinski definition) is 3. The number of benzene rings is 1. The van der Waals surface area contributed by atoms with Crippen LogP contribution in [0.3, 0.4) is 0 Å². The van der Waals surface area contributed by atoms with Crippen LogP contribution in [0.5, 0.6) is 0 Å². The van der Waals surface area contributed by atoms with Crippen LogP contribution in [0.4, 0.5) is 10.1 Å². The van der Waals surface area contributed by atoms with Crippen molar-refractivity contribution in [3.05, 3.63) is 29.6 Å². The summed E-state index contributed by atoms with van der Waals surface area (Å²) >= 11 is 0. The van der Waals surface area contributed by atoms with Crippen LogP contribution in [0.1, 0.15) is 17.3 Å².